The van der Waals surface area contributed by atoms with Crippen LogP contribution in [0.4, 0.5) is 5.69 Å². The van der Waals surface area contributed by atoms with Crippen molar-refractivity contribution in [1.82, 2.24) is 14.8 Å². The Morgan fingerprint density at radius 3 is 2.71 bits per heavy atom. The van der Waals surface area contributed by atoms with Crippen LogP contribution in [0.3, 0.4) is 0 Å². The topological polar surface area (TPSA) is 114 Å². The normalized spacial score (nSPS) is 11.8. The van der Waals surface area contributed by atoms with Crippen LogP contribution >= 0.6 is 0 Å². The van der Waals surface area contributed by atoms with Crippen molar-refractivity contribution in [3.05, 3.63) is 17.5 Å². The zero-order chi connectivity index (χ0) is 15.8. The Kier molecular flexibility index (Phi) is 3.86. The zero-order valence-corrected chi connectivity index (χ0v) is 12.7. The van der Waals surface area contributed by atoms with Crippen LogP contribution in [0.5, 0.6) is 0 Å². The van der Waals surface area contributed by atoms with E-state index in [2.05, 4.69) is 15.4 Å². The van der Waals surface area contributed by atoms with Gasteiger partial charge in [0.15, 0.2) is 5.65 Å². The van der Waals surface area contributed by atoms with Crippen molar-refractivity contribution in [3.8, 4) is 0 Å². The molecule has 2 N–H and O–H groups in total. The Bertz CT molecular complexity index is 810. The van der Waals surface area contributed by atoms with Gasteiger partial charge in [0, 0.05) is 26.0 Å². The van der Waals surface area contributed by atoms with Gasteiger partial charge in [-0.15, -0.1) is 0 Å². The second kappa shape index (κ2) is 5.32. The largest absolute Gasteiger partial charge is 0.478 e. The Morgan fingerprint density at radius 1 is 1.48 bits per heavy atom. The average molecular weight is 312 g/mol. The predicted molar refractivity (Wildman–Crippen MR) is 78.4 cm³/mol. The number of aromatic nitrogens is 3. The van der Waals surface area contributed by atoms with Crippen molar-refractivity contribution in [2.24, 2.45) is 7.05 Å². The first-order valence-corrected chi connectivity index (χ1v) is 8.24. The van der Waals surface area contributed by atoms with E-state index in [0.717, 1.165) is 6.26 Å². The predicted octanol–water partition coefficient (Wildman–Crippen LogP) is 0.431. The summed E-state index contributed by atoms with van der Waals surface area (Å²) >= 11 is 0. The molecule has 2 aromatic heterocycles. The third-order valence-electron chi connectivity index (χ3n) is 3.03. The van der Waals surface area contributed by atoms with E-state index in [4.69, 9.17) is 0 Å². The van der Waals surface area contributed by atoms with E-state index in [1.165, 1.54) is 6.20 Å². The molecule has 0 aliphatic rings. The van der Waals surface area contributed by atoms with Crippen LogP contribution in [0.15, 0.2) is 6.20 Å². The highest BCUT2D eigenvalue weighted by atomic mass is 32.2. The fraction of sp³-hybridized carbons (Fsp3) is 0.417. The minimum Gasteiger partial charge on any atom is -0.478 e. The fourth-order valence-corrected chi connectivity index (χ4v) is 2.59. The summed E-state index contributed by atoms with van der Waals surface area (Å²) in [4.78, 5) is 15.4. The molecular weight excluding hydrogens is 296 g/mol. The molecule has 21 heavy (non-hydrogen) atoms. The Labute approximate surface area is 121 Å². The molecule has 114 valence electrons. The molecule has 0 unspecified atom stereocenters. The molecule has 8 nitrogen and oxygen atoms in total. The molecular formula is C12H16N4O4S. The summed E-state index contributed by atoms with van der Waals surface area (Å²) in [6.45, 7) is 1.87. The first-order valence-electron chi connectivity index (χ1n) is 6.18. The van der Waals surface area contributed by atoms with E-state index < -0.39 is 15.8 Å². The molecule has 9 heteroatoms. The lowest BCUT2D eigenvalue weighted by atomic mass is 10.1. The van der Waals surface area contributed by atoms with Crippen LogP contribution < -0.4 is 5.32 Å². The monoisotopic (exact) mass is 312 g/mol. The minimum absolute atomic E-state index is 0.00731. The number of nitrogens with zero attached hydrogens (tertiary/aromatic N) is 3. The molecule has 2 heterocycles. The van der Waals surface area contributed by atoms with Crippen molar-refractivity contribution < 1.29 is 18.3 Å². The number of pyridine rings is 1. The smallest absolute Gasteiger partial charge is 0.339 e. The van der Waals surface area contributed by atoms with Gasteiger partial charge in [-0.05, 0) is 6.92 Å². The van der Waals surface area contributed by atoms with E-state index >= 15 is 0 Å². The van der Waals surface area contributed by atoms with Gasteiger partial charge >= 0.3 is 5.97 Å². The quantitative estimate of drug-likeness (QED) is 0.822. The molecule has 0 radical (unpaired) electrons. The SMILES string of the molecule is Cc1nn(C)c2ncc(C(=O)O)c(NCCS(C)(=O)=O)c12. The maximum absolute atomic E-state index is 11.3. The highest BCUT2D eigenvalue weighted by Crippen LogP contribution is 2.28. The average Bonchev–Trinajstić information content (AvgIpc) is 2.63. The third kappa shape index (κ3) is 3.13. The van der Waals surface area contributed by atoms with E-state index in [1.54, 1.807) is 18.7 Å². The fourth-order valence-electron chi connectivity index (χ4n) is 2.12. The van der Waals surface area contributed by atoms with Gasteiger partial charge in [-0.2, -0.15) is 5.10 Å². The molecule has 0 aliphatic carbocycles. The lowest BCUT2D eigenvalue weighted by molar-refractivity contribution is 0.0697. The number of carboxylic acid groups (broad SMARTS) is 1. The van der Waals surface area contributed by atoms with Gasteiger partial charge in [0.05, 0.1) is 22.5 Å². The van der Waals surface area contributed by atoms with Gasteiger partial charge in [-0.1, -0.05) is 0 Å². The van der Waals surface area contributed by atoms with Crippen LogP contribution in [-0.2, 0) is 16.9 Å². The second-order valence-electron chi connectivity index (χ2n) is 4.82. The van der Waals surface area contributed by atoms with Crippen LogP contribution in [0, 0.1) is 6.92 Å². The molecule has 0 aromatic carbocycles. The van der Waals surface area contributed by atoms with Gasteiger partial charge < -0.3 is 10.4 Å². The van der Waals surface area contributed by atoms with Gasteiger partial charge in [0.25, 0.3) is 0 Å². The summed E-state index contributed by atoms with van der Waals surface area (Å²) < 4.78 is 23.9. The number of hydrogen-bond donors (Lipinski definition) is 2. The third-order valence-corrected chi connectivity index (χ3v) is 3.98. The summed E-state index contributed by atoms with van der Waals surface area (Å²) in [7, 11) is -1.42. The number of rotatable bonds is 5. The van der Waals surface area contributed by atoms with E-state index in [1.807, 2.05) is 0 Å². The first-order chi connectivity index (χ1) is 9.70. The molecule has 0 atom stereocenters. The van der Waals surface area contributed by atoms with Crippen molar-refractivity contribution in [2.45, 2.75) is 6.92 Å². The summed E-state index contributed by atoms with van der Waals surface area (Å²) in [5, 5.41) is 17.0. The van der Waals surface area contributed by atoms with Crippen LogP contribution in [0.1, 0.15) is 16.1 Å². The number of fused-ring (bicyclic) bond motifs is 1. The Balaban J connectivity index is 2.51. The van der Waals surface area contributed by atoms with E-state index in [9.17, 15) is 18.3 Å². The number of carbonyl (C=O) groups is 1. The van der Waals surface area contributed by atoms with Crippen LogP contribution in [0.25, 0.3) is 11.0 Å². The molecule has 2 rings (SSSR count). The first kappa shape index (κ1) is 15.2. The van der Waals surface area contributed by atoms with Gasteiger partial charge in [-0.25, -0.2) is 18.2 Å². The van der Waals surface area contributed by atoms with Gasteiger partial charge in [0.2, 0.25) is 0 Å². The molecule has 0 fully saturated rings. The molecule has 0 spiro atoms. The molecule has 0 saturated carbocycles. The summed E-state index contributed by atoms with van der Waals surface area (Å²) in [6, 6.07) is 0. The van der Waals surface area contributed by atoms with Crippen molar-refractivity contribution in [1.29, 1.82) is 0 Å². The lowest BCUT2D eigenvalue weighted by Crippen LogP contribution is -2.16. The molecule has 0 bridgehead atoms. The number of carboxylic acids is 1. The maximum Gasteiger partial charge on any atom is 0.339 e. The number of hydrogen-bond acceptors (Lipinski definition) is 6. The number of anilines is 1. The van der Waals surface area contributed by atoms with Gasteiger partial charge in [0.1, 0.15) is 15.4 Å². The molecule has 0 amide bonds. The minimum atomic E-state index is -3.13. The van der Waals surface area contributed by atoms with Crippen LogP contribution in [-0.4, -0.2) is 52.8 Å². The Morgan fingerprint density at radius 2 is 2.14 bits per heavy atom. The van der Waals surface area contributed by atoms with E-state index in [0.29, 0.717) is 22.4 Å². The highest BCUT2D eigenvalue weighted by molar-refractivity contribution is 7.90. The van der Waals surface area contributed by atoms with Crippen molar-refractivity contribution in [3.63, 3.8) is 0 Å². The maximum atomic E-state index is 11.3. The highest BCUT2D eigenvalue weighted by Gasteiger charge is 2.19. The summed E-state index contributed by atoms with van der Waals surface area (Å²) in [5.41, 5.74) is 1.51. The summed E-state index contributed by atoms with van der Waals surface area (Å²) in [5.74, 6) is -1.22. The molecule has 2 aromatic rings. The van der Waals surface area contributed by atoms with E-state index in [-0.39, 0.29) is 17.9 Å². The molecule has 0 saturated heterocycles. The number of nitrogens with one attached hydrogen (secondary N) is 1. The zero-order valence-electron chi connectivity index (χ0n) is 11.9. The number of aromatic carboxylic acids is 1. The lowest BCUT2D eigenvalue weighted by Gasteiger charge is -2.10. The van der Waals surface area contributed by atoms with Gasteiger partial charge in [-0.3, -0.25) is 4.68 Å². The Hall–Kier alpha value is -2.16. The molecule has 0 aliphatic heterocycles. The number of sulfone groups is 1. The second-order valence-corrected chi connectivity index (χ2v) is 7.08. The summed E-state index contributed by atoms with van der Waals surface area (Å²) in [6.07, 6.45) is 2.37. The number of aryl methyl sites for hydroxylation is 2. The van der Waals surface area contributed by atoms with Crippen molar-refractivity contribution in [2.75, 3.05) is 23.9 Å². The van der Waals surface area contributed by atoms with Crippen LogP contribution in [0.2, 0.25) is 0 Å². The standard InChI is InChI=1S/C12H16N4O4S/c1-7-9-10(13-4-5-21(3,19)20)8(12(17)18)6-14-11(9)16(2)15-7/h6H,4-5H2,1-3H3,(H,13,14)(H,17,18). The van der Waals surface area contributed by atoms with Crippen molar-refractivity contribution >= 4 is 32.5 Å².